The Morgan fingerprint density at radius 3 is 2.71 bits per heavy atom. The first-order valence-electron chi connectivity index (χ1n) is 9.04. The van der Waals surface area contributed by atoms with Gasteiger partial charge in [0.1, 0.15) is 17.1 Å². The Labute approximate surface area is 160 Å². The molecule has 1 saturated heterocycles. The molecule has 1 aromatic heterocycles. The number of likely N-dealkylation sites (N-methyl/N-ethyl adjacent to an activating group) is 1. The highest BCUT2D eigenvalue weighted by Crippen LogP contribution is 2.31. The third-order valence-electron chi connectivity index (χ3n) is 4.82. The van der Waals surface area contributed by atoms with Crippen molar-refractivity contribution in [3.05, 3.63) is 39.7 Å². The number of halogens is 2. The molecule has 1 unspecified atom stereocenters. The van der Waals surface area contributed by atoms with Crippen LogP contribution in [0.5, 0.6) is 0 Å². The van der Waals surface area contributed by atoms with E-state index in [-0.39, 0.29) is 29.2 Å². The van der Waals surface area contributed by atoms with Gasteiger partial charge in [-0.2, -0.15) is 0 Å². The summed E-state index contributed by atoms with van der Waals surface area (Å²) >= 11 is 0. The Morgan fingerprint density at radius 1 is 1.39 bits per heavy atom. The summed E-state index contributed by atoms with van der Waals surface area (Å²) in [6.45, 7) is 3.47. The Balaban J connectivity index is 2.16. The Hall–Kier alpha value is -2.52. The van der Waals surface area contributed by atoms with Crippen LogP contribution in [0.4, 0.5) is 14.5 Å². The molecule has 3 rings (SSSR count). The van der Waals surface area contributed by atoms with E-state index in [1.807, 2.05) is 19.0 Å². The van der Waals surface area contributed by atoms with Gasteiger partial charge in [-0.15, -0.1) is 0 Å². The number of fused-ring (bicyclic) bond motifs is 1. The van der Waals surface area contributed by atoms with Crippen LogP contribution >= 0.6 is 0 Å². The zero-order valence-electron chi connectivity index (χ0n) is 16.0. The fraction of sp³-hybridized carbons (Fsp3) is 0.474. The number of aromatic carboxylic acids is 1. The molecule has 0 saturated carbocycles. The van der Waals surface area contributed by atoms with Gasteiger partial charge in [0.05, 0.1) is 23.6 Å². The topological polar surface area (TPSA) is 75.0 Å². The largest absolute Gasteiger partial charge is 0.477 e. The average molecular weight is 395 g/mol. The van der Waals surface area contributed by atoms with E-state index in [0.29, 0.717) is 26.2 Å². The molecule has 2 heterocycles. The smallest absolute Gasteiger partial charge is 0.341 e. The van der Waals surface area contributed by atoms with Crippen molar-refractivity contribution in [3.8, 4) is 0 Å². The molecule has 1 aromatic carbocycles. The van der Waals surface area contributed by atoms with Crippen molar-refractivity contribution in [2.45, 2.75) is 19.6 Å². The minimum Gasteiger partial charge on any atom is -0.477 e. The van der Waals surface area contributed by atoms with E-state index in [1.54, 1.807) is 11.8 Å². The lowest BCUT2D eigenvalue weighted by Gasteiger charge is -2.36. The van der Waals surface area contributed by atoms with Gasteiger partial charge in [-0.1, -0.05) is 0 Å². The number of rotatable bonds is 5. The van der Waals surface area contributed by atoms with E-state index in [9.17, 15) is 19.1 Å². The number of aryl methyl sites for hydroxylation is 1. The lowest BCUT2D eigenvalue weighted by atomic mass is 10.1. The van der Waals surface area contributed by atoms with E-state index in [2.05, 4.69) is 0 Å². The Morgan fingerprint density at radius 2 is 2.11 bits per heavy atom. The summed E-state index contributed by atoms with van der Waals surface area (Å²) in [5.74, 6) is -3.19. The minimum absolute atomic E-state index is 0.0930. The van der Waals surface area contributed by atoms with Crippen LogP contribution in [0.1, 0.15) is 17.3 Å². The number of morpholine rings is 1. The zero-order chi connectivity index (χ0) is 20.6. The van der Waals surface area contributed by atoms with Crippen LogP contribution in [0.3, 0.4) is 0 Å². The molecule has 9 heteroatoms. The molecular formula is C19H23F2N3O4. The number of carboxylic acids is 1. The van der Waals surface area contributed by atoms with Gasteiger partial charge in [0.15, 0.2) is 5.82 Å². The fourth-order valence-corrected chi connectivity index (χ4v) is 3.61. The average Bonchev–Trinajstić information content (AvgIpc) is 2.62. The maximum absolute atomic E-state index is 15.4. The van der Waals surface area contributed by atoms with Crippen LogP contribution in [0.15, 0.2) is 17.1 Å². The lowest BCUT2D eigenvalue weighted by molar-refractivity contribution is 0.0244. The first-order chi connectivity index (χ1) is 13.2. The molecule has 28 heavy (non-hydrogen) atoms. The first kappa shape index (κ1) is 20.2. The second-order valence-electron chi connectivity index (χ2n) is 7.08. The van der Waals surface area contributed by atoms with Gasteiger partial charge in [-0.3, -0.25) is 4.79 Å². The van der Waals surface area contributed by atoms with Crippen LogP contribution in [0.25, 0.3) is 10.9 Å². The second kappa shape index (κ2) is 7.84. The third-order valence-corrected chi connectivity index (χ3v) is 4.82. The van der Waals surface area contributed by atoms with Crippen LogP contribution in [0, 0.1) is 11.6 Å². The number of ether oxygens (including phenoxy) is 1. The molecule has 1 fully saturated rings. The highest BCUT2D eigenvalue weighted by Gasteiger charge is 2.28. The summed E-state index contributed by atoms with van der Waals surface area (Å²) < 4.78 is 37.3. The normalized spacial score (nSPS) is 17.5. The molecule has 1 aliphatic heterocycles. The number of benzene rings is 1. The van der Waals surface area contributed by atoms with Crippen LogP contribution in [-0.4, -0.2) is 67.0 Å². The van der Waals surface area contributed by atoms with Gasteiger partial charge in [0.25, 0.3) is 0 Å². The Bertz CT molecular complexity index is 974. The molecule has 7 nitrogen and oxygen atoms in total. The predicted molar refractivity (Wildman–Crippen MR) is 101 cm³/mol. The number of pyridine rings is 1. The zero-order valence-corrected chi connectivity index (χ0v) is 16.0. The summed E-state index contributed by atoms with van der Waals surface area (Å²) in [5, 5.41) is 8.94. The molecule has 0 radical (unpaired) electrons. The third kappa shape index (κ3) is 3.59. The standard InChI is InChI=1S/C19H23F2N3O4/c1-4-23-10-13(19(26)27)18(25)12-7-14(20)17(15(21)16(12)23)24-5-6-28-11(9-24)8-22(2)3/h7,10-11H,4-6,8-9H2,1-3H3,(H,26,27). The van der Waals surface area contributed by atoms with E-state index in [4.69, 9.17) is 4.74 Å². The highest BCUT2D eigenvalue weighted by molar-refractivity contribution is 5.93. The summed E-state index contributed by atoms with van der Waals surface area (Å²) in [7, 11) is 3.78. The molecule has 0 bridgehead atoms. The van der Waals surface area contributed by atoms with E-state index in [1.165, 1.54) is 4.57 Å². The van der Waals surface area contributed by atoms with E-state index >= 15 is 4.39 Å². The van der Waals surface area contributed by atoms with Crippen molar-refractivity contribution in [2.24, 2.45) is 0 Å². The lowest BCUT2D eigenvalue weighted by Crippen LogP contribution is -2.47. The predicted octanol–water partition coefficient (Wildman–Crippen LogP) is 1.76. The summed E-state index contributed by atoms with van der Waals surface area (Å²) in [6.07, 6.45) is 0.896. The van der Waals surface area contributed by atoms with Crippen molar-refractivity contribution in [2.75, 3.05) is 45.2 Å². The molecule has 2 aromatic rings. The van der Waals surface area contributed by atoms with Gasteiger partial charge in [0.2, 0.25) is 5.43 Å². The number of aromatic nitrogens is 1. The number of hydrogen-bond donors (Lipinski definition) is 1. The van der Waals surface area contributed by atoms with Crippen molar-refractivity contribution in [1.29, 1.82) is 0 Å². The maximum Gasteiger partial charge on any atom is 0.341 e. The number of anilines is 1. The molecule has 0 aliphatic carbocycles. The van der Waals surface area contributed by atoms with Crippen molar-refractivity contribution in [1.82, 2.24) is 9.47 Å². The number of carboxylic acid groups (broad SMARTS) is 1. The first-order valence-corrected chi connectivity index (χ1v) is 9.04. The van der Waals surface area contributed by atoms with E-state index < -0.39 is 28.6 Å². The number of hydrogen-bond acceptors (Lipinski definition) is 5. The monoisotopic (exact) mass is 395 g/mol. The second-order valence-corrected chi connectivity index (χ2v) is 7.08. The molecular weight excluding hydrogens is 372 g/mol. The Kier molecular flexibility index (Phi) is 5.66. The number of nitrogens with zero attached hydrogens (tertiary/aromatic N) is 3. The van der Waals surface area contributed by atoms with Gasteiger partial charge < -0.3 is 24.2 Å². The van der Waals surface area contributed by atoms with Crippen LogP contribution < -0.4 is 10.3 Å². The van der Waals surface area contributed by atoms with Gasteiger partial charge in [-0.25, -0.2) is 13.6 Å². The van der Waals surface area contributed by atoms with Gasteiger partial charge in [0, 0.05) is 32.4 Å². The van der Waals surface area contributed by atoms with Crippen molar-refractivity contribution in [3.63, 3.8) is 0 Å². The van der Waals surface area contributed by atoms with Gasteiger partial charge >= 0.3 is 5.97 Å². The SMILES string of the molecule is CCn1cc(C(=O)O)c(=O)c2cc(F)c(N3CCOC(CN(C)C)C3)c(F)c21. The molecule has 0 amide bonds. The van der Waals surface area contributed by atoms with E-state index in [0.717, 1.165) is 12.3 Å². The van der Waals surface area contributed by atoms with Crippen LogP contribution in [-0.2, 0) is 11.3 Å². The highest BCUT2D eigenvalue weighted by atomic mass is 19.1. The molecule has 0 spiro atoms. The molecule has 1 aliphatic rings. The fourth-order valence-electron chi connectivity index (χ4n) is 3.61. The molecule has 1 atom stereocenters. The summed E-state index contributed by atoms with van der Waals surface area (Å²) in [4.78, 5) is 27.3. The van der Waals surface area contributed by atoms with Crippen molar-refractivity contribution < 1.29 is 23.4 Å². The summed E-state index contributed by atoms with van der Waals surface area (Å²) in [6, 6.07) is 0.936. The quantitative estimate of drug-likeness (QED) is 0.832. The van der Waals surface area contributed by atoms with Crippen molar-refractivity contribution >= 4 is 22.6 Å². The minimum atomic E-state index is -1.43. The summed E-state index contributed by atoms with van der Waals surface area (Å²) in [5.41, 5.74) is -1.73. The molecule has 152 valence electrons. The number of carbonyl (C=O) groups is 1. The molecule has 1 N–H and O–H groups in total. The maximum atomic E-state index is 15.4. The van der Waals surface area contributed by atoms with Crippen LogP contribution in [0.2, 0.25) is 0 Å². The van der Waals surface area contributed by atoms with Gasteiger partial charge in [-0.05, 0) is 27.1 Å².